The molecule has 0 saturated carbocycles. The number of carbonyl (C=O) groups is 1. The van der Waals surface area contributed by atoms with Gasteiger partial charge in [0.1, 0.15) is 11.9 Å². The number of nitrogens with zero attached hydrogens (tertiary/aromatic N) is 2. The zero-order chi connectivity index (χ0) is 19.7. The second-order valence-electron chi connectivity index (χ2n) is 7.69. The van der Waals surface area contributed by atoms with E-state index in [1.54, 1.807) is 11.0 Å². The molecule has 148 valence electrons. The van der Waals surface area contributed by atoms with Crippen LogP contribution in [0.5, 0.6) is 5.75 Å². The molecule has 2 aliphatic heterocycles. The van der Waals surface area contributed by atoms with Crippen molar-refractivity contribution in [3.05, 3.63) is 63.6 Å². The van der Waals surface area contributed by atoms with Gasteiger partial charge in [-0.05, 0) is 42.7 Å². The van der Waals surface area contributed by atoms with Crippen molar-refractivity contribution in [2.24, 2.45) is 0 Å². The maximum atomic E-state index is 13.0. The number of rotatable bonds is 4. The van der Waals surface area contributed by atoms with E-state index in [1.165, 1.54) is 11.1 Å². The quantitative estimate of drug-likeness (QED) is 0.786. The summed E-state index contributed by atoms with van der Waals surface area (Å²) in [5.74, 6) is 0.506. The molecule has 0 saturated heterocycles. The van der Waals surface area contributed by atoms with Gasteiger partial charge in [-0.3, -0.25) is 9.69 Å². The first-order valence-corrected chi connectivity index (χ1v) is 10.5. The van der Waals surface area contributed by atoms with Gasteiger partial charge in [0.2, 0.25) is 0 Å². The highest BCUT2D eigenvalue weighted by molar-refractivity contribution is 9.10. The van der Waals surface area contributed by atoms with Crippen molar-refractivity contribution in [1.82, 2.24) is 9.80 Å². The molecule has 5 nitrogen and oxygen atoms in total. The fourth-order valence-electron chi connectivity index (χ4n) is 4.07. The smallest absolute Gasteiger partial charge is 0.257 e. The van der Waals surface area contributed by atoms with Crippen LogP contribution in [-0.4, -0.2) is 59.2 Å². The highest BCUT2D eigenvalue weighted by Crippen LogP contribution is 2.28. The lowest BCUT2D eigenvalue weighted by Gasteiger charge is -2.32. The van der Waals surface area contributed by atoms with E-state index in [9.17, 15) is 9.90 Å². The lowest BCUT2D eigenvalue weighted by Crippen LogP contribution is -2.45. The Kier molecular flexibility index (Phi) is 5.71. The van der Waals surface area contributed by atoms with E-state index in [-0.39, 0.29) is 12.0 Å². The number of fused-ring (bicyclic) bond motifs is 2. The minimum absolute atomic E-state index is 0.0881. The van der Waals surface area contributed by atoms with Gasteiger partial charge in [0, 0.05) is 30.7 Å². The highest BCUT2D eigenvalue weighted by atomic mass is 79.9. The molecule has 0 fully saturated rings. The first-order valence-electron chi connectivity index (χ1n) is 9.72. The molecule has 4 rings (SSSR count). The SMILES string of the molecule is C[C@@H]1CN(CC(O)CN2CCc3ccccc3C2)C(=O)c2ccc(Br)cc2O1. The van der Waals surface area contributed by atoms with Gasteiger partial charge in [-0.25, -0.2) is 0 Å². The third-order valence-electron chi connectivity index (χ3n) is 5.38. The van der Waals surface area contributed by atoms with E-state index in [2.05, 4.69) is 45.1 Å². The fourth-order valence-corrected chi connectivity index (χ4v) is 4.41. The molecule has 2 aliphatic rings. The normalized spacial score (nSPS) is 20.8. The maximum Gasteiger partial charge on any atom is 0.257 e. The largest absolute Gasteiger partial charge is 0.488 e. The van der Waals surface area contributed by atoms with E-state index in [0.29, 0.717) is 30.9 Å². The van der Waals surface area contributed by atoms with Gasteiger partial charge in [0.05, 0.1) is 18.2 Å². The monoisotopic (exact) mass is 444 g/mol. The molecule has 0 aromatic heterocycles. The molecule has 28 heavy (non-hydrogen) atoms. The Bertz CT molecular complexity index is 873. The molecule has 1 N–H and O–H groups in total. The predicted octanol–water partition coefficient (Wildman–Crippen LogP) is 3.09. The van der Waals surface area contributed by atoms with Crippen molar-refractivity contribution >= 4 is 21.8 Å². The first kappa shape index (κ1) is 19.4. The number of halogens is 1. The van der Waals surface area contributed by atoms with Crippen LogP contribution >= 0.6 is 15.9 Å². The Morgan fingerprint density at radius 2 is 2.00 bits per heavy atom. The number of β-amino-alcohol motifs (C(OH)–C–C–N with tert-alkyl or cyclic N) is 1. The minimum atomic E-state index is -0.599. The number of carbonyl (C=O) groups excluding carboxylic acids is 1. The molecule has 0 aliphatic carbocycles. The summed E-state index contributed by atoms with van der Waals surface area (Å²) in [6.45, 7) is 5.05. The topological polar surface area (TPSA) is 53.0 Å². The summed E-state index contributed by atoms with van der Waals surface area (Å²) in [4.78, 5) is 17.0. The van der Waals surface area contributed by atoms with E-state index in [4.69, 9.17) is 4.74 Å². The Balaban J connectivity index is 1.42. The average molecular weight is 445 g/mol. The summed E-state index contributed by atoms with van der Waals surface area (Å²) in [6, 6.07) is 13.9. The molecule has 6 heteroatoms. The standard InChI is InChI=1S/C22H25BrN2O3/c1-15-11-25(22(27)20-7-6-18(23)10-21(20)28-15)14-19(26)13-24-9-8-16-4-2-3-5-17(16)12-24/h2-7,10,15,19,26H,8-9,11-14H2,1H3/t15-,19?/m1/s1. The highest BCUT2D eigenvalue weighted by Gasteiger charge is 2.29. The maximum absolute atomic E-state index is 13.0. The summed E-state index contributed by atoms with van der Waals surface area (Å²) in [7, 11) is 0. The predicted molar refractivity (Wildman–Crippen MR) is 112 cm³/mol. The Morgan fingerprint density at radius 1 is 1.21 bits per heavy atom. The van der Waals surface area contributed by atoms with Gasteiger partial charge >= 0.3 is 0 Å². The van der Waals surface area contributed by atoms with Crippen LogP contribution in [-0.2, 0) is 13.0 Å². The molecule has 0 radical (unpaired) electrons. The third-order valence-corrected chi connectivity index (χ3v) is 5.87. The number of benzene rings is 2. The van der Waals surface area contributed by atoms with Gasteiger partial charge in [-0.15, -0.1) is 0 Å². The van der Waals surface area contributed by atoms with Gasteiger partial charge < -0.3 is 14.7 Å². The summed E-state index contributed by atoms with van der Waals surface area (Å²) >= 11 is 3.43. The molecule has 1 amide bonds. The molecule has 2 aromatic carbocycles. The number of hydrogen-bond donors (Lipinski definition) is 1. The van der Waals surface area contributed by atoms with Crippen LogP contribution in [0, 0.1) is 0 Å². The molecule has 2 heterocycles. The number of aliphatic hydroxyl groups is 1. The number of aliphatic hydroxyl groups excluding tert-OH is 1. The molecule has 2 aromatic rings. The van der Waals surface area contributed by atoms with Gasteiger partial charge in [-0.2, -0.15) is 0 Å². The van der Waals surface area contributed by atoms with Crippen LogP contribution in [0.2, 0.25) is 0 Å². The van der Waals surface area contributed by atoms with Crippen LogP contribution in [0.25, 0.3) is 0 Å². The summed E-state index contributed by atoms with van der Waals surface area (Å²) in [6.07, 6.45) is 0.269. The van der Waals surface area contributed by atoms with Crippen molar-refractivity contribution in [2.45, 2.75) is 32.1 Å². The Labute approximate surface area is 174 Å². The molecule has 0 spiro atoms. The number of hydrogen-bond acceptors (Lipinski definition) is 4. The lowest BCUT2D eigenvalue weighted by atomic mass is 10.00. The fraction of sp³-hybridized carbons (Fsp3) is 0.409. The van der Waals surface area contributed by atoms with Crippen molar-refractivity contribution in [3.8, 4) is 5.75 Å². The van der Waals surface area contributed by atoms with Crippen molar-refractivity contribution < 1.29 is 14.6 Å². The molecule has 2 atom stereocenters. The van der Waals surface area contributed by atoms with Gasteiger partial charge in [0.15, 0.2) is 0 Å². The average Bonchev–Trinajstić information content (AvgIpc) is 2.77. The molecule has 1 unspecified atom stereocenters. The zero-order valence-corrected chi connectivity index (χ0v) is 17.6. The van der Waals surface area contributed by atoms with Gasteiger partial charge in [-0.1, -0.05) is 40.2 Å². The van der Waals surface area contributed by atoms with Crippen LogP contribution in [0.15, 0.2) is 46.9 Å². The van der Waals surface area contributed by atoms with E-state index in [0.717, 1.165) is 24.0 Å². The lowest BCUT2D eigenvalue weighted by molar-refractivity contribution is 0.0454. The molecule has 0 bridgehead atoms. The van der Waals surface area contributed by atoms with E-state index >= 15 is 0 Å². The number of amides is 1. The van der Waals surface area contributed by atoms with Crippen LogP contribution in [0.4, 0.5) is 0 Å². The third kappa shape index (κ3) is 4.24. The van der Waals surface area contributed by atoms with Crippen LogP contribution in [0.1, 0.15) is 28.4 Å². The zero-order valence-electron chi connectivity index (χ0n) is 16.0. The second kappa shape index (κ2) is 8.23. The molecular weight excluding hydrogens is 420 g/mol. The Morgan fingerprint density at radius 3 is 2.82 bits per heavy atom. The van der Waals surface area contributed by atoms with Crippen molar-refractivity contribution in [1.29, 1.82) is 0 Å². The minimum Gasteiger partial charge on any atom is -0.488 e. The molecular formula is C22H25BrN2O3. The van der Waals surface area contributed by atoms with Crippen LogP contribution < -0.4 is 4.74 Å². The van der Waals surface area contributed by atoms with Crippen molar-refractivity contribution in [3.63, 3.8) is 0 Å². The first-order chi connectivity index (χ1) is 13.5. The van der Waals surface area contributed by atoms with Crippen LogP contribution in [0.3, 0.4) is 0 Å². The Hall–Kier alpha value is -1.89. The summed E-state index contributed by atoms with van der Waals surface area (Å²) in [5.41, 5.74) is 3.27. The second-order valence-corrected chi connectivity index (χ2v) is 8.60. The summed E-state index contributed by atoms with van der Waals surface area (Å²) < 4.78 is 6.80. The van der Waals surface area contributed by atoms with E-state index in [1.807, 2.05) is 19.1 Å². The van der Waals surface area contributed by atoms with E-state index < -0.39 is 6.10 Å². The van der Waals surface area contributed by atoms with Crippen molar-refractivity contribution in [2.75, 3.05) is 26.2 Å². The number of ether oxygens (including phenoxy) is 1. The van der Waals surface area contributed by atoms with Gasteiger partial charge in [0.25, 0.3) is 5.91 Å². The summed E-state index contributed by atoms with van der Waals surface area (Å²) in [5, 5.41) is 10.7.